The smallest absolute Gasteiger partial charge is 0.271 e. The number of nitrogens with zero attached hydrogens (tertiary/aromatic N) is 2. The van der Waals surface area contributed by atoms with Crippen LogP contribution in [0.5, 0.6) is 0 Å². The van der Waals surface area contributed by atoms with Crippen molar-refractivity contribution in [3.63, 3.8) is 0 Å². The van der Waals surface area contributed by atoms with Gasteiger partial charge in [0.25, 0.3) is 5.69 Å². The molecule has 5 nitrogen and oxygen atoms in total. The second-order valence-corrected chi connectivity index (χ2v) is 7.51. The van der Waals surface area contributed by atoms with Crippen LogP contribution in [0, 0.1) is 10.1 Å². The predicted molar refractivity (Wildman–Crippen MR) is 93.0 cm³/mol. The molecule has 124 valence electrons. The van der Waals surface area contributed by atoms with E-state index in [0.717, 1.165) is 23.9 Å². The zero-order valence-electron chi connectivity index (χ0n) is 14.2. The van der Waals surface area contributed by atoms with Gasteiger partial charge in [-0.15, -0.1) is 0 Å². The lowest BCUT2D eigenvalue weighted by molar-refractivity contribution is -0.384. The third-order valence-corrected chi connectivity index (χ3v) is 4.73. The number of fused-ring (bicyclic) bond motifs is 1. The summed E-state index contributed by atoms with van der Waals surface area (Å²) < 4.78 is 0. The number of hydrogen-bond donors (Lipinski definition) is 1. The van der Waals surface area contributed by atoms with Crippen LogP contribution < -0.4 is 0 Å². The maximum Gasteiger partial charge on any atom is 0.271 e. The topological polar surface area (TPSA) is 62.2 Å². The minimum absolute atomic E-state index is 0.00581. The van der Waals surface area contributed by atoms with Gasteiger partial charge in [-0.2, -0.15) is 0 Å². The van der Waals surface area contributed by atoms with Gasteiger partial charge in [0.1, 0.15) is 0 Å². The van der Waals surface area contributed by atoms with Crippen LogP contribution in [0.2, 0.25) is 0 Å². The summed E-state index contributed by atoms with van der Waals surface area (Å²) >= 11 is 0. The summed E-state index contributed by atoms with van der Waals surface area (Å²) in [7, 11) is 0. The Bertz CT molecular complexity index is 722. The Morgan fingerprint density at radius 2 is 1.96 bits per heavy atom. The normalized spacial score (nSPS) is 16.3. The third-order valence-electron chi connectivity index (χ3n) is 4.73. The Hall–Kier alpha value is -1.88. The van der Waals surface area contributed by atoms with Crippen molar-refractivity contribution < 1.29 is 4.92 Å². The fourth-order valence-electron chi connectivity index (χ4n) is 3.53. The number of non-ortho nitro benzene ring substituents is 1. The molecule has 0 bridgehead atoms. The van der Waals surface area contributed by atoms with Gasteiger partial charge in [0.2, 0.25) is 0 Å². The molecule has 1 saturated heterocycles. The zero-order chi connectivity index (χ0) is 16.6. The van der Waals surface area contributed by atoms with Crippen LogP contribution >= 0.6 is 0 Å². The van der Waals surface area contributed by atoms with E-state index in [1.54, 1.807) is 12.1 Å². The lowest BCUT2D eigenvalue weighted by Gasteiger charge is -2.21. The van der Waals surface area contributed by atoms with Crippen LogP contribution in [0.15, 0.2) is 18.2 Å². The van der Waals surface area contributed by atoms with E-state index in [-0.39, 0.29) is 16.0 Å². The van der Waals surface area contributed by atoms with E-state index in [1.807, 2.05) is 6.07 Å². The fourth-order valence-corrected chi connectivity index (χ4v) is 3.53. The number of aromatic nitrogens is 1. The molecule has 0 atom stereocenters. The van der Waals surface area contributed by atoms with E-state index in [9.17, 15) is 10.1 Å². The number of hydrogen-bond acceptors (Lipinski definition) is 3. The number of benzene rings is 1. The second kappa shape index (κ2) is 5.96. The van der Waals surface area contributed by atoms with Crippen LogP contribution in [0.4, 0.5) is 5.69 Å². The van der Waals surface area contributed by atoms with E-state index in [1.165, 1.54) is 37.2 Å². The molecule has 1 aliphatic rings. The van der Waals surface area contributed by atoms with Gasteiger partial charge >= 0.3 is 0 Å². The first-order valence-electron chi connectivity index (χ1n) is 8.38. The molecule has 2 heterocycles. The van der Waals surface area contributed by atoms with Gasteiger partial charge in [0, 0.05) is 35.2 Å². The highest BCUT2D eigenvalue weighted by atomic mass is 16.6. The molecule has 0 spiro atoms. The first-order valence-corrected chi connectivity index (χ1v) is 8.38. The maximum atomic E-state index is 11.0. The summed E-state index contributed by atoms with van der Waals surface area (Å²) in [6.07, 6.45) is 3.59. The molecule has 1 aliphatic heterocycles. The Kier molecular flexibility index (Phi) is 4.15. The summed E-state index contributed by atoms with van der Waals surface area (Å²) in [5.41, 5.74) is 3.53. The Morgan fingerprint density at radius 3 is 2.57 bits per heavy atom. The average Bonchev–Trinajstić information content (AvgIpc) is 3.11. The number of rotatable bonds is 4. The summed E-state index contributed by atoms with van der Waals surface area (Å²) in [5, 5.41) is 12.1. The summed E-state index contributed by atoms with van der Waals surface area (Å²) in [6.45, 7) is 10.0. The van der Waals surface area contributed by atoms with Gasteiger partial charge in [-0.3, -0.25) is 10.1 Å². The van der Waals surface area contributed by atoms with Crippen LogP contribution in [-0.4, -0.2) is 34.4 Å². The van der Waals surface area contributed by atoms with E-state index < -0.39 is 0 Å². The first kappa shape index (κ1) is 16.0. The second-order valence-electron chi connectivity index (χ2n) is 7.51. The lowest BCUT2D eigenvalue weighted by atomic mass is 9.88. The quantitative estimate of drug-likeness (QED) is 0.685. The van der Waals surface area contributed by atoms with Crippen molar-refractivity contribution in [1.82, 2.24) is 9.88 Å². The van der Waals surface area contributed by atoms with Gasteiger partial charge in [0.05, 0.1) is 10.4 Å². The van der Waals surface area contributed by atoms with Crippen LogP contribution in [0.3, 0.4) is 0 Å². The minimum Gasteiger partial charge on any atom is -0.358 e. The molecule has 0 unspecified atom stereocenters. The highest BCUT2D eigenvalue weighted by molar-refractivity contribution is 5.87. The van der Waals surface area contributed by atoms with E-state index in [4.69, 9.17) is 0 Å². The Morgan fingerprint density at radius 1 is 1.26 bits per heavy atom. The molecule has 0 saturated carbocycles. The highest BCUT2D eigenvalue weighted by Crippen LogP contribution is 2.33. The zero-order valence-corrected chi connectivity index (χ0v) is 14.2. The molecule has 2 aromatic rings. The molecule has 0 aliphatic carbocycles. The van der Waals surface area contributed by atoms with Crippen molar-refractivity contribution in [3.8, 4) is 0 Å². The SMILES string of the molecule is CC(C)(C)c1[nH]c2cc([N+](=O)[O-])ccc2c1CCN1CCCC1. The number of aromatic amines is 1. The van der Waals surface area contributed by atoms with Crippen molar-refractivity contribution >= 4 is 16.6 Å². The largest absolute Gasteiger partial charge is 0.358 e. The number of H-pyrrole nitrogens is 1. The summed E-state index contributed by atoms with van der Waals surface area (Å²) in [5.74, 6) is 0. The van der Waals surface area contributed by atoms with Crippen LogP contribution in [-0.2, 0) is 11.8 Å². The average molecular weight is 315 g/mol. The number of nitrogens with one attached hydrogen (secondary N) is 1. The van der Waals surface area contributed by atoms with Gasteiger partial charge in [-0.1, -0.05) is 20.8 Å². The van der Waals surface area contributed by atoms with Gasteiger partial charge in [-0.25, -0.2) is 0 Å². The third kappa shape index (κ3) is 3.24. The predicted octanol–water partition coefficient (Wildman–Crippen LogP) is 4.01. The number of nitro benzene ring substituents is 1. The molecule has 1 N–H and O–H groups in total. The van der Waals surface area contributed by atoms with Crippen molar-refractivity contribution in [3.05, 3.63) is 39.6 Å². The van der Waals surface area contributed by atoms with E-state index in [0.29, 0.717) is 0 Å². The van der Waals surface area contributed by atoms with Crippen molar-refractivity contribution in [2.24, 2.45) is 0 Å². The first-order chi connectivity index (χ1) is 10.9. The van der Waals surface area contributed by atoms with Gasteiger partial charge in [-0.05, 0) is 44.0 Å². The molecule has 3 rings (SSSR count). The van der Waals surface area contributed by atoms with Gasteiger partial charge < -0.3 is 9.88 Å². The minimum atomic E-state index is -0.332. The molecule has 1 aromatic heterocycles. The molecule has 0 amide bonds. The standard InChI is InChI=1S/C18H25N3O2/c1-18(2,3)17-15(8-11-20-9-4-5-10-20)14-7-6-13(21(22)23)12-16(14)19-17/h6-7,12,19H,4-5,8-11H2,1-3H3. The van der Waals surface area contributed by atoms with Crippen molar-refractivity contribution in [2.75, 3.05) is 19.6 Å². The van der Waals surface area contributed by atoms with Crippen molar-refractivity contribution in [2.45, 2.75) is 45.4 Å². The molecule has 1 aromatic carbocycles. The molecular weight excluding hydrogens is 290 g/mol. The van der Waals surface area contributed by atoms with Crippen LogP contribution in [0.25, 0.3) is 10.9 Å². The molecular formula is C18H25N3O2. The molecule has 1 fully saturated rings. The lowest BCUT2D eigenvalue weighted by Crippen LogP contribution is -2.23. The van der Waals surface area contributed by atoms with E-state index >= 15 is 0 Å². The highest BCUT2D eigenvalue weighted by Gasteiger charge is 2.24. The Balaban J connectivity index is 1.99. The van der Waals surface area contributed by atoms with E-state index in [2.05, 4.69) is 30.7 Å². The Labute approximate surface area is 136 Å². The molecule has 0 radical (unpaired) electrons. The summed E-state index contributed by atoms with van der Waals surface area (Å²) in [4.78, 5) is 16.6. The molecule has 5 heteroatoms. The fraction of sp³-hybridized carbons (Fsp3) is 0.556. The van der Waals surface area contributed by atoms with Crippen LogP contribution in [0.1, 0.15) is 44.9 Å². The number of nitro groups is 1. The monoisotopic (exact) mass is 315 g/mol. The van der Waals surface area contributed by atoms with Crippen molar-refractivity contribution in [1.29, 1.82) is 0 Å². The number of likely N-dealkylation sites (tertiary alicyclic amines) is 1. The summed E-state index contributed by atoms with van der Waals surface area (Å²) in [6, 6.07) is 5.17. The van der Waals surface area contributed by atoms with Gasteiger partial charge in [0.15, 0.2) is 0 Å². The molecule has 23 heavy (non-hydrogen) atoms. The maximum absolute atomic E-state index is 11.0.